The van der Waals surface area contributed by atoms with Gasteiger partial charge in [0.1, 0.15) is 11.8 Å². The molecule has 3 heteroatoms. The van der Waals surface area contributed by atoms with Gasteiger partial charge in [-0.3, -0.25) is 0 Å². The zero-order chi connectivity index (χ0) is 21.4. The Morgan fingerprint density at radius 2 is 1.23 bits per heavy atom. The van der Waals surface area contributed by atoms with E-state index in [1.54, 1.807) is 0 Å². The fraction of sp³-hybridized carbons (Fsp3) is 0.214. The summed E-state index contributed by atoms with van der Waals surface area (Å²) in [5.74, 6) is 0. The van der Waals surface area contributed by atoms with E-state index in [9.17, 15) is 4.79 Å². The summed E-state index contributed by atoms with van der Waals surface area (Å²) >= 11 is 0. The molecule has 4 aromatic rings. The molecule has 1 heterocycles. The fourth-order valence-electron chi connectivity index (χ4n) is 4.37. The molecule has 31 heavy (non-hydrogen) atoms. The van der Waals surface area contributed by atoms with Crippen molar-refractivity contribution in [3.05, 3.63) is 126 Å². The third-order valence-corrected chi connectivity index (χ3v) is 5.85. The molecule has 0 aliphatic carbocycles. The predicted octanol–water partition coefficient (Wildman–Crippen LogP) is 6.03. The van der Waals surface area contributed by atoms with Crippen LogP contribution in [-0.2, 0) is 16.8 Å². The molecule has 0 aliphatic heterocycles. The van der Waals surface area contributed by atoms with E-state index in [1.807, 2.05) is 6.33 Å². The van der Waals surface area contributed by atoms with Gasteiger partial charge in [0, 0.05) is 12.6 Å². The van der Waals surface area contributed by atoms with Crippen LogP contribution in [0.15, 0.2) is 104 Å². The molecular weight excluding hydrogens is 380 g/mol. The van der Waals surface area contributed by atoms with E-state index in [4.69, 9.17) is 4.98 Å². The molecule has 0 unspecified atom stereocenters. The van der Waals surface area contributed by atoms with E-state index in [0.717, 1.165) is 37.7 Å². The van der Waals surface area contributed by atoms with Crippen LogP contribution in [0.25, 0.3) is 0 Å². The van der Waals surface area contributed by atoms with Crippen molar-refractivity contribution in [2.24, 2.45) is 0 Å². The number of rotatable bonds is 10. The van der Waals surface area contributed by atoms with Crippen molar-refractivity contribution >= 4 is 6.29 Å². The minimum Gasteiger partial charge on any atom is -0.319 e. The molecule has 0 saturated carbocycles. The van der Waals surface area contributed by atoms with E-state index < -0.39 is 5.54 Å². The van der Waals surface area contributed by atoms with Crippen LogP contribution in [-0.4, -0.2) is 15.8 Å². The molecule has 0 atom stereocenters. The number of benzene rings is 3. The maximum Gasteiger partial charge on any atom is 0.121 e. The van der Waals surface area contributed by atoms with Gasteiger partial charge >= 0.3 is 0 Å². The molecule has 0 spiro atoms. The minimum atomic E-state index is -0.507. The number of hydrogen-bond donors (Lipinski definition) is 0. The minimum absolute atomic E-state index is 0.507. The first-order chi connectivity index (χ1) is 15.4. The van der Waals surface area contributed by atoms with Gasteiger partial charge < -0.3 is 9.36 Å². The van der Waals surface area contributed by atoms with Crippen molar-refractivity contribution in [1.29, 1.82) is 0 Å². The van der Waals surface area contributed by atoms with Gasteiger partial charge in [0.2, 0.25) is 0 Å². The number of hydrogen-bond acceptors (Lipinski definition) is 2. The third-order valence-electron chi connectivity index (χ3n) is 5.85. The standard InChI is InChI=1S/C28H28N2O/c31-21-13-2-1-12-20-27-22-30(23-29-27)28(24-14-6-3-7-15-24,25-16-8-4-9-17-25)26-18-10-5-11-19-26/h3-11,14-19,21-23H,1-2,12-13,20H2. The number of unbranched alkanes of at least 4 members (excludes halogenated alkanes) is 3. The molecule has 0 bridgehead atoms. The summed E-state index contributed by atoms with van der Waals surface area (Å²) in [4.78, 5) is 15.3. The van der Waals surface area contributed by atoms with Gasteiger partial charge in [0.25, 0.3) is 0 Å². The molecule has 156 valence electrons. The molecule has 0 fully saturated rings. The highest BCUT2D eigenvalue weighted by molar-refractivity contribution is 5.50. The summed E-state index contributed by atoms with van der Waals surface area (Å²) in [6.45, 7) is 0. The van der Waals surface area contributed by atoms with Gasteiger partial charge in [0.15, 0.2) is 0 Å². The lowest BCUT2D eigenvalue weighted by molar-refractivity contribution is -0.107. The normalized spacial score (nSPS) is 11.4. The van der Waals surface area contributed by atoms with Crippen LogP contribution in [0.3, 0.4) is 0 Å². The summed E-state index contributed by atoms with van der Waals surface area (Å²) in [5.41, 5.74) is 4.16. The molecule has 0 amide bonds. The quantitative estimate of drug-likeness (QED) is 0.183. The summed E-state index contributed by atoms with van der Waals surface area (Å²) in [7, 11) is 0. The van der Waals surface area contributed by atoms with E-state index >= 15 is 0 Å². The first kappa shape index (κ1) is 20.8. The van der Waals surface area contributed by atoms with E-state index in [1.165, 1.54) is 16.7 Å². The van der Waals surface area contributed by atoms with Crippen LogP contribution >= 0.6 is 0 Å². The molecule has 0 aliphatic rings. The van der Waals surface area contributed by atoms with Crippen LogP contribution in [0.4, 0.5) is 0 Å². The van der Waals surface area contributed by atoms with Gasteiger partial charge in [0.05, 0.1) is 12.0 Å². The molecule has 3 aromatic carbocycles. The summed E-state index contributed by atoms with van der Waals surface area (Å²) in [5, 5.41) is 0. The lowest BCUT2D eigenvalue weighted by Crippen LogP contribution is -2.36. The van der Waals surface area contributed by atoms with Crippen LogP contribution in [0.5, 0.6) is 0 Å². The largest absolute Gasteiger partial charge is 0.319 e. The second-order valence-electron chi connectivity index (χ2n) is 7.85. The molecule has 1 aromatic heterocycles. The average molecular weight is 409 g/mol. The van der Waals surface area contributed by atoms with E-state index in [0.29, 0.717) is 6.42 Å². The first-order valence-electron chi connectivity index (χ1n) is 11.0. The Labute approximate surface area is 184 Å². The number of carbonyl (C=O) groups is 1. The average Bonchev–Trinajstić information content (AvgIpc) is 3.31. The highest BCUT2D eigenvalue weighted by atomic mass is 16.1. The number of nitrogens with zero attached hydrogens (tertiary/aromatic N) is 2. The number of aromatic nitrogens is 2. The predicted molar refractivity (Wildman–Crippen MR) is 125 cm³/mol. The Morgan fingerprint density at radius 3 is 1.71 bits per heavy atom. The van der Waals surface area contributed by atoms with Crippen LogP contribution in [0.2, 0.25) is 0 Å². The maximum absolute atomic E-state index is 10.5. The third kappa shape index (κ3) is 4.36. The Bertz CT molecular complexity index is 975. The lowest BCUT2D eigenvalue weighted by Gasteiger charge is -2.37. The van der Waals surface area contributed by atoms with Crippen molar-refractivity contribution in [3.63, 3.8) is 0 Å². The second-order valence-corrected chi connectivity index (χ2v) is 7.85. The molecule has 0 saturated heterocycles. The molecule has 0 radical (unpaired) electrons. The SMILES string of the molecule is O=CCCCCCc1cn(C(c2ccccc2)(c2ccccc2)c2ccccc2)cn1. The molecule has 3 nitrogen and oxygen atoms in total. The Hall–Kier alpha value is -3.46. The number of aryl methyl sites for hydroxylation is 1. The highest BCUT2D eigenvalue weighted by Gasteiger charge is 2.38. The summed E-state index contributed by atoms with van der Waals surface area (Å²) in [6, 6.07) is 31.9. The maximum atomic E-state index is 10.5. The van der Waals surface area contributed by atoms with Crippen LogP contribution < -0.4 is 0 Å². The topological polar surface area (TPSA) is 34.9 Å². The van der Waals surface area contributed by atoms with Crippen molar-refractivity contribution in [1.82, 2.24) is 9.55 Å². The Morgan fingerprint density at radius 1 is 0.710 bits per heavy atom. The van der Waals surface area contributed by atoms with Gasteiger partial charge in [-0.25, -0.2) is 4.98 Å². The molecule has 0 N–H and O–H groups in total. The molecule has 4 rings (SSSR count). The van der Waals surface area contributed by atoms with Gasteiger partial charge in [-0.2, -0.15) is 0 Å². The summed E-state index contributed by atoms with van der Waals surface area (Å²) < 4.78 is 2.26. The second kappa shape index (κ2) is 10.0. The zero-order valence-electron chi connectivity index (χ0n) is 17.7. The van der Waals surface area contributed by atoms with E-state index in [2.05, 4.69) is 102 Å². The highest BCUT2D eigenvalue weighted by Crippen LogP contribution is 2.40. The number of carbonyl (C=O) groups excluding carboxylic acids is 1. The monoisotopic (exact) mass is 408 g/mol. The molecular formula is C28H28N2O. The number of aldehydes is 1. The summed E-state index contributed by atoms with van der Waals surface area (Å²) in [6.07, 6.45) is 9.76. The zero-order valence-corrected chi connectivity index (χ0v) is 17.7. The van der Waals surface area contributed by atoms with Crippen molar-refractivity contribution in [3.8, 4) is 0 Å². The fourth-order valence-corrected chi connectivity index (χ4v) is 4.37. The van der Waals surface area contributed by atoms with Crippen molar-refractivity contribution < 1.29 is 4.79 Å². The Kier molecular flexibility index (Phi) is 6.73. The van der Waals surface area contributed by atoms with Crippen molar-refractivity contribution in [2.75, 3.05) is 0 Å². The van der Waals surface area contributed by atoms with Crippen molar-refractivity contribution in [2.45, 2.75) is 37.6 Å². The van der Waals surface area contributed by atoms with Crippen LogP contribution in [0, 0.1) is 0 Å². The van der Waals surface area contributed by atoms with Gasteiger partial charge in [-0.05, 0) is 36.0 Å². The smallest absolute Gasteiger partial charge is 0.121 e. The first-order valence-corrected chi connectivity index (χ1v) is 11.0. The lowest BCUT2D eigenvalue weighted by atomic mass is 9.77. The van der Waals surface area contributed by atoms with Gasteiger partial charge in [-0.1, -0.05) is 97.4 Å². The van der Waals surface area contributed by atoms with Gasteiger partial charge in [-0.15, -0.1) is 0 Å². The number of imidazole rings is 1. The van der Waals surface area contributed by atoms with E-state index in [-0.39, 0.29) is 0 Å². The van der Waals surface area contributed by atoms with Crippen LogP contribution in [0.1, 0.15) is 48.1 Å². The Balaban J connectivity index is 1.81.